The molecule has 0 spiro atoms. The van der Waals surface area contributed by atoms with Gasteiger partial charge in [0.1, 0.15) is 18.0 Å². The molecule has 2 heterocycles. The van der Waals surface area contributed by atoms with E-state index in [2.05, 4.69) is 4.90 Å². The van der Waals surface area contributed by atoms with E-state index in [-0.39, 0.29) is 19.1 Å². The van der Waals surface area contributed by atoms with Crippen molar-refractivity contribution >= 4 is 5.91 Å². The van der Waals surface area contributed by atoms with Gasteiger partial charge >= 0.3 is 0 Å². The van der Waals surface area contributed by atoms with Gasteiger partial charge in [0.2, 0.25) is 5.91 Å². The summed E-state index contributed by atoms with van der Waals surface area (Å²) >= 11 is 0. The molecule has 0 saturated carbocycles. The predicted octanol–water partition coefficient (Wildman–Crippen LogP) is 1.45. The summed E-state index contributed by atoms with van der Waals surface area (Å²) in [7, 11) is 0. The molecule has 1 aromatic rings. The molecule has 1 N–H and O–H groups in total. The summed E-state index contributed by atoms with van der Waals surface area (Å²) in [5.41, 5.74) is 0.0235. The van der Waals surface area contributed by atoms with Crippen molar-refractivity contribution in [2.45, 2.75) is 38.3 Å². The van der Waals surface area contributed by atoms with Gasteiger partial charge < -0.3 is 19.5 Å². The summed E-state index contributed by atoms with van der Waals surface area (Å²) < 4.78 is 11.6. The molecule has 1 atom stereocenters. The molecular formula is C20H30N2O4. The van der Waals surface area contributed by atoms with E-state index < -0.39 is 5.60 Å². The maximum atomic E-state index is 11.5. The summed E-state index contributed by atoms with van der Waals surface area (Å²) in [6.07, 6.45) is 1.88. The van der Waals surface area contributed by atoms with Gasteiger partial charge in [-0.05, 0) is 31.4 Å². The van der Waals surface area contributed by atoms with Crippen LogP contribution in [-0.2, 0) is 9.53 Å². The Morgan fingerprint density at radius 3 is 2.73 bits per heavy atom. The number of likely N-dealkylation sites (tertiary alicyclic amines) is 1. The molecule has 0 radical (unpaired) electrons. The lowest BCUT2D eigenvalue weighted by atomic mass is 9.99. The van der Waals surface area contributed by atoms with Crippen molar-refractivity contribution < 1.29 is 19.4 Å². The average Bonchev–Trinajstić information content (AvgIpc) is 2.83. The number of hydrogen-bond acceptors (Lipinski definition) is 5. The van der Waals surface area contributed by atoms with Crippen molar-refractivity contribution in [3.05, 3.63) is 29.8 Å². The number of rotatable bonds is 4. The average molecular weight is 362 g/mol. The second-order valence-corrected chi connectivity index (χ2v) is 7.54. The van der Waals surface area contributed by atoms with Crippen molar-refractivity contribution in [3.63, 3.8) is 0 Å². The number of ether oxygens (including phenoxy) is 2. The van der Waals surface area contributed by atoms with Gasteiger partial charge in [-0.25, -0.2) is 0 Å². The molecule has 0 aromatic heterocycles. The summed E-state index contributed by atoms with van der Waals surface area (Å²) in [5, 5.41) is 11.1. The van der Waals surface area contributed by atoms with Crippen LogP contribution in [0.5, 0.6) is 5.75 Å². The summed E-state index contributed by atoms with van der Waals surface area (Å²) in [6, 6.07) is 8.20. The van der Waals surface area contributed by atoms with Gasteiger partial charge in [0.25, 0.3) is 0 Å². The second kappa shape index (κ2) is 8.37. The van der Waals surface area contributed by atoms with E-state index in [1.807, 2.05) is 36.1 Å². The zero-order valence-corrected chi connectivity index (χ0v) is 15.8. The van der Waals surface area contributed by atoms with Gasteiger partial charge in [0.15, 0.2) is 0 Å². The molecule has 1 amide bonds. The minimum atomic E-state index is -1.03. The molecule has 0 unspecified atom stereocenters. The third kappa shape index (κ3) is 4.75. The van der Waals surface area contributed by atoms with Crippen LogP contribution in [0, 0.1) is 6.92 Å². The molecule has 2 aliphatic rings. The van der Waals surface area contributed by atoms with Crippen LogP contribution < -0.4 is 4.74 Å². The van der Waals surface area contributed by atoms with E-state index in [1.54, 1.807) is 6.92 Å². The Morgan fingerprint density at radius 1 is 1.31 bits per heavy atom. The van der Waals surface area contributed by atoms with Crippen LogP contribution >= 0.6 is 0 Å². The zero-order chi connectivity index (χ0) is 18.6. The number of hydrogen-bond donors (Lipinski definition) is 1. The molecular weight excluding hydrogens is 332 g/mol. The van der Waals surface area contributed by atoms with Crippen molar-refractivity contribution in [1.82, 2.24) is 9.80 Å². The smallest absolute Gasteiger partial charge is 0.219 e. The number of nitrogens with zero attached hydrogens (tertiary/aromatic N) is 2. The number of amides is 1. The second-order valence-electron chi connectivity index (χ2n) is 7.54. The number of piperidine rings is 1. The predicted molar refractivity (Wildman–Crippen MR) is 99.3 cm³/mol. The first-order chi connectivity index (χ1) is 12.5. The quantitative estimate of drug-likeness (QED) is 0.878. The van der Waals surface area contributed by atoms with Crippen molar-refractivity contribution in [2.24, 2.45) is 0 Å². The number of carbonyl (C=O) groups excluding carboxylic acids is 1. The van der Waals surface area contributed by atoms with Crippen LogP contribution in [0.15, 0.2) is 24.3 Å². The van der Waals surface area contributed by atoms with E-state index in [9.17, 15) is 9.90 Å². The largest absolute Gasteiger partial charge is 0.490 e. The Bertz CT molecular complexity index is 616. The van der Waals surface area contributed by atoms with E-state index in [0.29, 0.717) is 19.2 Å². The highest BCUT2D eigenvalue weighted by Crippen LogP contribution is 2.23. The first kappa shape index (κ1) is 19.1. The molecule has 2 aliphatic heterocycles. The number of β-amino-alcohol motifs (C(OH)–C–C–N with tert-alkyl or cyclic N) is 1. The van der Waals surface area contributed by atoms with Gasteiger partial charge in [0.05, 0.1) is 13.2 Å². The third-order valence-electron chi connectivity index (χ3n) is 5.41. The molecule has 26 heavy (non-hydrogen) atoms. The van der Waals surface area contributed by atoms with Crippen LogP contribution in [0.4, 0.5) is 0 Å². The van der Waals surface area contributed by atoms with E-state index in [4.69, 9.17) is 9.47 Å². The molecule has 2 saturated heterocycles. The lowest BCUT2D eigenvalue weighted by Gasteiger charge is -2.40. The highest BCUT2D eigenvalue weighted by Gasteiger charge is 2.37. The fourth-order valence-electron chi connectivity index (χ4n) is 3.82. The third-order valence-corrected chi connectivity index (χ3v) is 5.41. The monoisotopic (exact) mass is 362 g/mol. The number of aryl methyl sites for hydroxylation is 1. The van der Waals surface area contributed by atoms with E-state index in [1.165, 1.54) is 0 Å². The lowest BCUT2D eigenvalue weighted by molar-refractivity contribution is -0.130. The summed E-state index contributed by atoms with van der Waals surface area (Å²) in [4.78, 5) is 15.7. The molecule has 1 aromatic carbocycles. The van der Waals surface area contributed by atoms with Gasteiger partial charge in [-0.2, -0.15) is 0 Å². The molecule has 0 bridgehead atoms. The normalized spacial score (nSPS) is 25.7. The van der Waals surface area contributed by atoms with E-state index >= 15 is 0 Å². The number of benzene rings is 1. The number of aliphatic hydroxyl groups is 1. The molecule has 2 fully saturated rings. The highest BCUT2D eigenvalue weighted by atomic mass is 16.5. The fraction of sp³-hybridized carbons (Fsp3) is 0.650. The standard InChI is InChI=1S/C20H30N2O4/c1-16-5-3-4-6-19(16)26-15-20(24)13-22(11-12-25-14-20)18-7-9-21(10-8-18)17(2)23/h3-6,18,24H,7-15H2,1-2H3/t20-/m0/s1. The maximum Gasteiger partial charge on any atom is 0.219 e. The lowest BCUT2D eigenvalue weighted by Crippen LogP contribution is -2.53. The molecule has 3 rings (SSSR count). The van der Waals surface area contributed by atoms with Gasteiger partial charge in [0, 0.05) is 39.1 Å². The van der Waals surface area contributed by atoms with Crippen molar-refractivity contribution in [2.75, 3.05) is 46.0 Å². The fourth-order valence-corrected chi connectivity index (χ4v) is 3.82. The van der Waals surface area contributed by atoms with Crippen molar-refractivity contribution in [3.8, 4) is 5.75 Å². The Morgan fingerprint density at radius 2 is 2.04 bits per heavy atom. The number of para-hydroxylation sites is 1. The van der Waals surface area contributed by atoms with Gasteiger partial charge in [-0.1, -0.05) is 18.2 Å². The van der Waals surface area contributed by atoms with Crippen LogP contribution in [-0.4, -0.2) is 78.5 Å². The topological polar surface area (TPSA) is 62.2 Å². The van der Waals surface area contributed by atoms with Crippen LogP contribution in [0.25, 0.3) is 0 Å². The van der Waals surface area contributed by atoms with Crippen LogP contribution in [0.3, 0.4) is 0 Å². The first-order valence-electron chi connectivity index (χ1n) is 9.45. The Balaban J connectivity index is 1.59. The van der Waals surface area contributed by atoms with Gasteiger partial charge in [-0.15, -0.1) is 0 Å². The van der Waals surface area contributed by atoms with E-state index in [0.717, 1.165) is 43.8 Å². The number of carbonyl (C=O) groups is 1. The highest BCUT2D eigenvalue weighted by molar-refractivity contribution is 5.73. The Labute approximate surface area is 155 Å². The van der Waals surface area contributed by atoms with Crippen LogP contribution in [0.2, 0.25) is 0 Å². The molecule has 6 heteroatoms. The van der Waals surface area contributed by atoms with Crippen molar-refractivity contribution in [1.29, 1.82) is 0 Å². The first-order valence-corrected chi connectivity index (χ1v) is 9.45. The summed E-state index contributed by atoms with van der Waals surface area (Å²) in [5.74, 6) is 0.942. The minimum Gasteiger partial charge on any atom is -0.490 e. The minimum absolute atomic E-state index is 0.144. The molecule has 0 aliphatic carbocycles. The maximum absolute atomic E-state index is 11.5. The SMILES string of the molecule is CC(=O)N1CCC(N2CCOC[C@](O)(COc3ccccc3C)C2)CC1. The zero-order valence-electron chi connectivity index (χ0n) is 15.8. The Hall–Kier alpha value is -1.63. The molecule has 144 valence electrons. The molecule has 6 nitrogen and oxygen atoms in total. The van der Waals surface area contributed by atoms with Crippen LogP contribution in [0.1, 0.15) is 25.3 Å². The summed E-state index contributed by atoms with van der Waals surface area (Å²) in [6.45, 7) is 7.63. The van der Waals surface area contributed by atoms with Gasteiger partial charge in [-0.3, -0.25) is 9.69 Å². The Kier molecular flexibility index (Phi) is 6.16.